The van der Waals surface area contributed by atoms with Crippen molar-refractivity contribution in [2.24, 2.45) is 5.16 Å². The molecule has 1 aromatic carbocycles. The highest BCUT2D eigenvalue weighted by molar-refractivity contribution is 5.91. The number of carbonyl (C=O) groups is 1. The molecule has 86 valence electrons. The van der Waals surface area contributed by atoms with E-state index in [2.05, 4.69) is 15.4 Å². The first-order valence-corrected chi connectivity index (χ1v) is 5.07. The molecule has 0 spiro atoms. The Balaban J connectivity index is 2.01. The Labute approximate surface area is 98.1 Å². The van der Waals surface area contributed by atoms with Crippen molar-refractivity contribution in [2.45, 2.75) is 6.92 Å². The molecule has 2 rings (SSSR count). The van der Waals surface area contributed by atoms with E-state index in [1.807, 2.05) is 19.1 Å². The number of oxime groups is 1. The molecule has 1 heterocycles. The molecule has 2 aromatic rings. The zero-order chi connectivity index (χ0) is 12.1. The first-order valence-electron chi connectivity index (χ1n) is 5.07. The maximum atomic E-state index is 11.6. The molecule has 0 unspecified atom stereocenters. The Morgan fingerprint density at radius 1 is 1.41 bits per heavy atom. The minimum atomic E-state index is -0.473. The van der Waals surface area contributed by atoms with Crippen LogP contribution in [0.15, 0.2) is 41.7 Å². The molecular formula is C12H11N3O2. The summed E-state index contributed by atoms with van der Waals surface area (Å²) in [6.45, 7) is 1.84. The van der Waals surface area contributed by atoms with Crippen molar-refractivity contribution in [3.05, 3.63) is 53.3 Å². The fourth-order valence-corrected chi connectivity index (χ4v) is 1.32. The molecule has 0 radical (unpaired) electrons. The molecule has 0 fully saturated rings. The van der Waals surface area contributed by atoms with Crippen molar-refractivity contribution in [3.63, 3.8) is 0 Å². The van der Waals surface area contributed by atoms with Crippen LogP contribution in [0.2, 0.25) is 0 Å². The van der Waals surface area contributed by atoms with Gasteiger partial charge in [0.25, 0.3) is 0 Å². The van der Waals surface area contributed by atoms with Crippen molar-refractivity contribution in [1.82, 2.24) is 10.2 Å². The van der Waals surface area contributed by atoms with E-state index in [1.54, 1.807) is 24.4 Å². The molecule has 17 heavy (non-hydrogen) atoms. The van der Waals surface area contributed by atoms with Crippen LogP contribution in [0, 0.1) is 6.92 Å². The predicted molar refractivity (Wildman–Crippen MR) is 62.8 cm³/mol. The average Bonchev–Trinajstić information content (AvgIpc) is 2.82. The van der Waals surface area contributed by atoms with Gasteiger partial charge in [-0.2, -0.15) is 5.10 Å². The molecule has 1 aromatic heterocycles. The lowest BCUT2D eigenvalue weighted by Gasteiger charge is -2.00. The number of H-pyrrole nitrogens is 1. The van der Waals surface area contributed by atoms with Gasteiger partial charge in [-0.3, -0.25) is 5.10 Å². The number of aromatic amines is 1. The lowest BCUT2D eigenvalue weighted by Crippen LogP contribution is -2.03. The van der Waals surface area contributed by atoms with E-state index in [1.165, 1.54) is 6.21 Å². The van der Waals surface area contributed by atoms with Crippen LogP contribution in [-0.4, -0.2) is 22.4 Å². The molecular weight excluding hydrogens is 218 g/mol. The number of rotatable bonds is 3. The first-order chi connectivity index (χ1) is 8.27. The molecule has 0 saturated heterocycles. The van der Waals surface area contributed by atoms with Gasteiger partial charge in [-0.05, 0) is 24.6 Å². The van der Waals surface area contributed by atoms with Crippen LogP contribution in [0.3, 0.4) is 0 Å². The largest absolute Gasteiger partial charge is 0.365 e. The van der Waals surface area contributed by atoms with Gasteiger partial charge in [0.1, 0.15) is 0 Å². The Kier molecular flexibility index (Phi) is 3.30. The van der Waals surface area contributed by atoms with Gasteiger partial charge in [-0.1, -0.05) is 23.4 Å². The summed E-state index contributed by atoms with van der Waals surface area (Å²) in [5.74, 6) is -0.473. The van der Waals surface area contributed by atoms with E-state index in [0.717, 1.165) is 5.56 Å². The SMILES string of the molecule is Cc1ccccc1C(=O)O/N=C/c1ccn[nH]1. The zero-order valence-electron chi connectivity index (χ0n) is 9.25. The van der Waals surface area contributed by atoms with Gasteiger partial charge in [0, 0.05) is 6.20 Å². The standard InChI is InChI=1S/C12H11N3O2/c1-9-4-2-3-5-11(9)12(16)17-14-8-10-6-7-13-15-10/h2-8H,1H3,(H,13,15)/b14-8+. The van der Waals surface area contributed by atoms with Crippen LogP contribution < -0.4 is 0 Å². The second kappa shape index (κ2) is 5.07. The Bertz CT molecular complexity index is 532. The maximum Gasteiger partial charge on any atom is 0.365 e. The molecule has 1 N–H and O–H groups in total. The summed E-state index contributed by atoms with van der Waals surface area (Å²) in [4.78, 5) is 16.4. The normalized spacial score (nSPS) is 10.6. The van der Waals surface area contributed by atoms with Crippen LogP contribution >= 0.6 is 0 Å². The average molecular weight is 229 g/mol. The van der Waals surface area contributed by atoms with Crippen LogP contribution in [0.5, 0.6) is 0 Å². The Morgan fingerprint density at radius 3 is 2.94 bits per heavy atom. The van der Waals surface area contributed by atoms with Gasteiger partial charge in [0.05, 0.1) is 17.5 Å². The van der Waals surface area contributed by atoms with Crippen LogP contribution in [-0.2, 0) is 4.84 Å². The van der Waals surface area contributed by atoms with Crippen molar-refractivity contribution in [2.75, 3.05) is 0 Å². The summed E-state index contributed by atoms with van der Waals surface area (Å²) in [6, 6.07) is 8.89. The summed E-state index contributed by atoms with van der Waals surface area (Å²) in [5.41, 5.74) is 2.03. The molecule has 0 aliphatic heterocycles. The van der Waals surface area contributed by atoms with Crippen LogP contribution in [0.1, 0.15) is 21.6 Å². The number of benzene rings is 1. The number of aromatic nitrogens is 2. The highest BCUT2D eigenvalue weighted by atomic mass is 16.7. The van der Waals surface area contributed by atoms with E-state index >= 15 is 0 Å². The highest BCUT2D eigenvalue weighted by Gasteiger charge is 2.08. The topological polar surface area (TPSA) is 67.3 Å². The lowest BCUT2D eigenvalue weighted by atomic mass is 10.1. The maximum absolute atomic E-state index is 11.6. The number of aryl methyl sites for hydroxylation is 1. The smallest absolute Gasteiger partial charge is 0.313 e. The third-order valence-electron chi connectivity index (χ3n) is 2.21. The number of hydrogen-bond acceptors (Lipinski definition) is 4. The van der Waals surface area contributed by atoms with E-state index in [9.17, 15) is 4.79 Å². The lowest BCUT2D eigenvalue weighted by molar-refractivity contribution is 0.0518. The van der Waals surface area contributed by atoms with Gasteiger partial charge < -0.3 is 4.84 Å². The van der Waals surface area contributed by atoms with Crippen LogP contribution in [0.4, 0.5) is 0 Å². The minimum Gasteiger partial charge on any atom is -0.313 e. The summed E-state index contributed by atoms with van der Waals surface area (Å²) < 4.78 is 0. The monoisotopic (exact) mass is 229 g/mol. The van der Waals surface area contributed by atoms with Gasteiger partial charge in [0.2, 0.25) is 0 Å². The van der Waals surface area contributed by atoms with Gasteiger partial charge in [-0.15, -0.1) is 0 Å². The number of nitrogens with one attached hydrogen (secondary N) is 1. The number of hydrogen-bond donors (Lipinski definition) is 1. The Morgan fingerprint density at radius 2 is 2.24 bits per heavy atom. The third kappa shape index (κ3) is 2.78. The molecule has 0 atom stereocenters. The summed E-state index contributed by atoms with van der Waals surface area (Å²) in [5, 5.41) is 9.99. The molecule has 0 aliphatic rings. The van der Waals surface area contributed by atoms with Gasteiger partial charge in [-0.25, -0.2) is 4.79 Å². The van der Waals surface area contributed by atoms with E-state index in [4.69, 9.17) is 4.84 Å². The van der Waals surface area contributed by atoms with E-state index in [-0.39, 0.29) is 0 Å². The summed E-state index contributed by atoms with van der Waals surface area (Å²) >= 11 is 0. The number of carbonyl (C=O) groups excluding carboxylic acids is 1. The van der Waals surface area contributed by atoms with Crippen molar-refractivity contribution < 1.29 is 9.63 Å². The van der Waals surface area contributed by atoms with Crippen molar-refractivity contribution in [3.8, 4) is 0 Å². The summed E-state index contributed by atoms with van der Waals surface area (Å²) in [6.07, 6.45) is 2.98. The Hall–Kier alpha value is -2.43. The zero-order valence-corrected chi connectivity index (χ0v) is 9.25. The fourth-order valence-electron chi connectivity index (χ4n) is 1.32. The quantitative estimate of drug-likeness (QED) is 0.496. The molecule has 5 heteroatoms. The molecule has 0 aliphatic carbocycles. The van der Waals surface area contributed by atoms with Crippen molar-refractivity contribution >= 4 is 12.2 Å². The van der Waals surface area contributed by atoms with Crippen LogP contribution in [0.25, 0.3) is 0 Å². The van der Waals surface area contributed by atoms with Crippen molar-refractivity contribution in [1.29, 1.82) is 0 Å². The van der Waals surface area contributed by atoms with Gasteiger partial charge >= 0.3 is 5.97 Å². The molecule has 0 saturated carbocycles. The first kappa shape index (κ1) is 11.1. The minimum absolute atomic E-state index is 0.473. The van der Waals surface area contributed by atoms with E-state index < -0.39 is 5.97 Å². The van der Waals surface area contributed by atoms with E-state index in [0.29, 0.717) is 11.3 Å². The fraction of sp³-hybridized carbons (Fsp3) is 0.0833. The second-order valence-electron chi connectivity index (χ2n) is 3.44. The molecule has 5 nitrogen and oxygen atoms in total. The predicted octanol–water partition coefficient (Wildman–Crippen LogP) is 1.91. The highest BCUT2D eigenvalue weighted by Crippen LogP contribution is 2.08. The second-order valence-corrected chi connectivity index (χ2v) is 3.44. The van der Waals surface area contributed by atoms with Gasteiger partial charge in [0.15, 0.2) is 0 Å². The molecule has 0 bridgehead atoms. The molecule has 0 amide bonds. The summed E-state index contributed by atoms with van der Waals surface area (Å²) in [7, 11) is 0. The third-order valence-corrected chi connectivity index (χ3v) is 2.21. The number of nitrogens with zero attached hydrogens (tertiary/aromatic N) is 2.